The number of aliphatic hydroxyl groups is 2. The van der Waals surface area contributed by atoms with Crippen molar-refractivity contribution in [1.82, 2.24) is 9.97 Å². The fraction of sp³-hybridized carbons (Fsp3) is 0.667. The number of hydrogen-bond acceptors (Lipinski definition) is 7. The van der Waals surface area contributed by atoms with Gasteiger partial charge in [-0.3, -0.25) is 0 Å². The number of nitrogens with zero attached hydrogens (tertiary/aromatic N) is 2. The molecule has 0 amide bonds. The molecule has 7 heteroatoms. The lowest BCUT2D eigenvalue weighted by Gasteiger charge is -2.30. The summed E-state index contributed by atoms with van der Waals surface area (Å²) in [5.41, 5.74) is 6.55. The first kappa shape index (κ1) is 14.0. The van der Waals surface area contributed by atoms with Gasteiger partial charge < -0.3 is 26.0 Å². The predicted molar refractivity (Wildman–Crippen MR) is 70.8 cm³/mol. The van der Waals surface area contributed by atoms with Crippen LogP contribution >= 0.6 is 0 Å². The quantitative estimate of drug-likeness (QED) is 0.503. The molecule has 1 heterocycles. The van der Waals surface area contributed by atoms with Gasteiger partial charge in [0.05, 0.1) is 31.6 Å². The van der Waals surface area contributed by atoms with E-state index in [1.165, 1.54) is 0 Å². The highest BCUT2D eigenvalue weighted by Gasteiger charge is 2.30. The maximum absolute atomic E-state index is 9.31. The zero-order chi connectivity index (χ0) is 13.7. The molecule has 5 N–H and O–H groups in total. The molecule has 0 aliphatic heterocycles. The van der Waals surface area contributed by atoms with Crippen LogP contribution in [0.25, 0.3) is 0 Å². The Balaban J connectivity index is 1.86. The van der Waals surface area contributed by atoms with E-state index < -0.39 is 0 Å². The molecule has 1 aromatic heterocycles. The molecule has 7 nitrogen and oxygen atoms in total. The predicted octanol–water partition coefficient (Wildman–Crippen LogP) is -0.282. The Labute approximate surface area is 111 Å². The molecule has 0 aromatic carbocycles. The van der Waals surface area contributed by atoms with Crippen LogP contribution in [0.15, 0.2) is 6.07 Å². The Hall–Kier alpha value is -1.44. The van der Waals surface area contributed by atoms with E-state index in [4.69, 9.17) is 15.6 Å². The van der Waals surface area contributed by atoms with Crippen LogP contribution in [0, 0.1) is 0 Å². The van der Waals surface area contributed by atoms with Crippen LogP contribution in [0.2, 0.25) is 0 Å². The SMILES string of the molecule is Nc1nc(NCCOCCO)cc(C2CC(O)C2)n1. The van der Waals surface area contributed by atoms with Crippen molar-refractivity contribution in [2.45, 2.75) is 24.9 Å². The van der Waals surface area contributed by atoms with E-state index in [1.54, 1.807) is 0 Å². The highest BCUT2D eigenvalue weighted by Crippen LogP contribution is 2.36. The summed E-state index contributed by atoms with van der Waals surface area (Å²) in [5, 5.41) is 21.0. The summed E-state index contributed by atoms with van der Waals surface area (Å²) in [6.45, 7) is 1.43. The summed E-state index contributed by atoms with van der Waals surface area (Å²) in [4.78, 5) is 8.30. The minimum absolute atomic E-state index is 0.0224. The van der Waals surface area contributed by atoms with Gasteiger partial charge in [-0.15, -0.1) is 0 Å². The summed E-state index contributed by atoms with van der Waals surface area (Å²) < 4.78 is 5.14. The Kier molecular flexibility index (Phi) is 4.89. The fourth-order valence-corrected chi connectivity index (χ4v) is 2.03. The molecule has 1 saturated carbocycles. The molecular formula is C12H20N4O3. The second-order valence-corrected chi connectivity index (χ2v) is 4.62. The van der Waals surface area contributed by atoms with E-state index in [9.17, 15) is 5.11 Å². The van der Waals surface area contributed by atoms with Gasteiger partial charge >= 0.3 is 0 Å². The third-order valence-corrected chi connectivity index (χ3v) is 3.08. The Morgan fingerprint density at radius 3 is 2.84 bits per heavy atom. The Morgan fingerprint density at radius 2 is 2.16 bits per heavy atom. The van der Waals surface area contributed by atoms with Crippen molar-refractivity contribution in [3.8, 4) is 0 Å². The Bertz CT molecular complexity index is 410. The first-order valence-electron chi connectivity index (χ1n) is 6.44. The number of ether oxygens (including phenoxy) is 1. The fourth-order valence-electron chi connectivity index (χ4n) is 2.03. The van der Waals surface area contributed by atoms with Gasteiger partial charge in [0, 0.05) is 18.5 Å². The third-order valence-electron chi connectivity index (χ3n) is 3.08. The van der Waals surface area contributed by atoms with Gasteiger partial charge in [-0.2, -0.15) is 4.98 Å². The Morgan fingerprint density at radius 1 is 1.37 bits per heavy atom. The molecule has 1 aliphatic rings. The van der Waals surface area contributed by atoms with Gasteiger partial charge in [-0.05, 0) is 12.8 Å². The zero-order valence-electron chi connectivity index (χ0n) is 10.7. The molecule has 0 atom stereocenters. The molecule has 1 aliphatic carbocycles. The van der Waals surface area contributed by atoms with Gasteiger partial charge in [-0.25, -0.2) is 4.98 Å². The smallest absolute Gasteiger partial charge is 0.222 e. The standard InChI is InChI=1S/C12H20N4O3/c13-12-15-10(8-5-9(18)6-8)7-11(16-12)14-1-3-19-4-2-17/h7-9,17-18H,1-6H2,(H3,13,14,15,16). The second kappa shape index (κ2) is 6.65. The lowest BCUT2D eigenvalue weighted by Crippen LogP contribution is -2.27. The number of rotatable bonds is 7. The number of aromatic nitrogens is 2. The van der Waals surface area contributed by atoms with E-state index in [0.29, 0.717) is 25.6 Å². The summed E-state index contributed by atoms with van der Waals surface area (Å²) in [6, 6.07) is 1.86. The zero-order valence-corrected chi connectivity index (χ0v) is 10.7. The van der Waals surface area contributed by atoms with E-state index in [2.05, 4.69) is 15.3 Å². The molecule has 0 saturated heterocycles. The molecule has 0 spiro atoms. The van der Waals surface area contributed by atoms with Crippen molar-refractivity contribution in [3.63, 3.8) is 0 Å². The van der Waals surface area contributed by atoms with Crippen LogP contribution in [-0.4, -0.2) is 52.7 Å². The van der Waals surface area contributed by atoms with Crippen molar-refractivity contribution >= 4 is 11.8 Å². The molecule has 1 aromatic rings. The first-order valence-corrected chi connectivity index (χ1v) is 6.44. The number of nitrogens with two attached hydrogens (primary N) is 1. The monoisotopic (exact) mass is 268 g/mol. The molecule has 106 valence electrons. The van der Waals surface area contributed by atoms with Crippen molar-refractivity contribution in [3.05, 3.63) is 11.8 Å². The lowest BCUT2D eigenvalue weighted by atomic mass is 9.80. The van der Waals surface area contributed by atoms with Crippen molar-refractivity contribution < 1.29 is 14.9 Å². The van der Waals surface area contributed by atoms with Crippen LogP contribution in [0.1, 0.15) is 24.5 Å². The van der Waals surface area contributed by atoms with Gasteiger partial charge in [0.25, 0.3) is 0 Å². The summed E-state index contributed by atoms with van der Waals surface area (Å²) in [7, 11) is 0. The van der Waals surface area contributed by atoms with Gasteiger partial charge in [0.2, 0.25) is 5.95 Å². The van der Waals surface area contributed by atoms with Crippen LogP contribution in [-0.2, 0) is 4.74 Å². The van der Waals surface area contributed by atoms with E-state index in [-0.39, 0.29) is 24.6 Å². The summed E-state index contributed by atoms with van der Waals surface area (Å²) in [6.07, 6.45) is 1.25. The average molecular weight is 268 g/mol. The molecular weight excluding hydrogens is 248 g/mol. The van der Waals surface area contributed by atoms with Gasteiger partial charge in [-0.1, -0.05) is 0 Å². The minimum Gasteiger partial charge on any atom is -0.394 e. The molecule has 0 bridgehead atoms. The highest BCUT2D eigenvalue weighted by molar-refractivity contribution is 5.41. The van der Waals surface area contributed by atoms with E-state index in [0.717, 1.165) is 18.5 Å². The van der Waals surface area contributed by atoms with Crippen LogP contribution < -0.4 is 11.1 Å². The largest absolute Gasteiger partial charge is 0.394 e. The highest BCUT2D eigenvalue weighted by atomic mass is 16.5. The summed E-state index contributed by atoms with van der Waals surface area (Å²) in [5.74, 6) is 1.17. The van der Waals surface area contributed by atoms with Gasteiger partial charge in [0.1, 0.15) is 5.82 Å². The molecule has 1 fully saturated rings. The maximum Gasteiger partial charge on any atom is 0.222 e. The second-order valence-electron chi connectivity index (χ2n) is 4.62. The first-order chi connectivity index (χ1) is 9.19. The lowest BCUT2D eigenvalue weighted by molar-refractivity contribution is 0.0732. The maximum atomic E-state index is 9.31. The van der Waals surface area contributed by atoms with Crippen molar-refractivity contribution in [2.24, 2.45) is 0 Å². The molecule has 19 heavy (non-hydrogen) atoms. The third kappa shape index (κ3) is 4.02. The summed E-state index contributed by atoms with van der Waals surface area (Å²) >= 11 is 0. The van der Waals surface area contributed by atoms with E-state index >= 15 is 0 Å². The van der Waals surface area contributed by atoms with Gasteiger partial charge in [0.15, 0.2) is 0 Å². The van der Waals surface area contributed by atoms with E-state index in [1.807, 2.05) is 6.07 Å². The van der Waals surface area contributed by atoms with Crippen LogP contribution in [0.3, 0.4) is 0 Å². The molecule has 0 unspecified atom stereocenters. The average Bonchev–Trinajstić information content (AvgIpc) is 2.34. The number of anilines is 2. The number of nitrogen functional groups attached to an aromatic ring is 1. The molecule has 2 rings (SSSR count). The normalized spacial score (nSPS) is 22.0. The van der Waals surface area contributed by atoms with Crippen LogP contribution in [0.4, 0.5) is 11.8 Å². The topological polar surface area (TPSA) is 114 Å². The number of aliphatic hydroxyl groups excluding tert-OH is 2. The number of nitrogens with one attached hydrogen (secondary N) is 1. The van der Waals surface area contributed by atoms with Crippen molar-refractivity contribution in [1.29, 1.82) is 0 Å². The minimum atomic E-state index is -0.218. The van der Waals surface area contributed by atoms with Crippen molar-refractivity contribution in [2.75, 3.05) is 37.4 Å². The number of hydrogen-bond donors (Lipinski definition) is 4. The van der Waals surface area contributed by atoms with Crippen LogP contribution in [0.5, 0.6) is 0 Å². The molecule has 0 radical (unpaired) electrons.